The van der Waals surface area contributed by atoms with Crippen LogP contribution in [0.4, 0.5) is 34.9 Å². The summed E-state index contributed by atoms with van der Waals surface area (Å²) in [6, 6.07) is 10.9. The lowest BCUT2D eigenvalue weighted by Crippen LogP contribution is -2.20. The van der Waals surface area contributed by atoms with E-state index >= 15 is 0 Å². The number of carbonyl (C=O) groups excluding carboxylic acids is 12. The van der Waals surface area contributed by atoms with Gasteiger partial charge < -0.3 is 68.1 Å². The molecular formula is C52H44N6O23. The van der Waals surface area contributed by atoms with E-state index in [9.17, 15) is 57.5 Å². The van der Waals surface area contributed by atoms with Gasteiger partial charge in [0.05, 0.1) is 0 Å². The van der Waals surface area contributed by atoms with Crippen LogP contribution in [0.15, 0.2) is 131 Å². The smallest absolute Gasteiger partial charge is 0.349 e. The Morgan fingerprint density at radius 1 is 0.346 bits per heavy atom. The summed E-state index contributed by atoms with van der Waals surface area (Å²) in [5, 5.41) is 8.53. The molecule has 0 saturated carbocycles. The number of hydrogen-bond acceptors (Lipinski definition) is 29. The molecule has 3 N–H and O–H groups in total. The topological polar surface area (TPSA) is 381 Å². The minimum atomic E-state index is -1.18. The Labute approximate surface area is 456 Å². The van der Waals surface area contributed by atoms with E-state index in [0.717, 1.165) is 60.7 Å². The predicted molar refractivity (Wildman–Crippen MR) is 273 cm³/mol. The first kappa shape index (κ1) is 61.9. The predicted octanol–water partition coefficient (Wildman–Crippen LogP) is 3.12. The number of aromatic nitrogens is 3. The lowest BCUT2D eigenvalue weighted by molar-refractivity contribution is -0.151. The quantitative estimate of drug-likeness (QED) is 0.0282. The number of rotatable bonds is 31. The maximum atomic E-state index is 12.9. The van der Waals surface area contributed by atoms with E-state index < -0.39 is 141 Å². The summed E-state index contributed by atoms with van der Waals surface area (Å²) in [5.74, 6) is -15.2. The van der Waals surface area contributed by atoms with Crippen LogP contribution in [0.25, 0.3) is 0 Å². The number of benzene rings is 3. The Morgan fingerprint density at radius 3 is 0.914 bits per heavy atom. The largest absolute Gasteiger partial charge is 0.455 e. The average molecular weight is 1120 g/mol. The molecule has 0 aliphatic rings. The second kappa shape index (κ2) is 31.4. The molecule has 4 rings (SSSR count). The highest BCUT2D eigenvalue weighted by Gasteiger charge is 2.22. The maximum absolute atomic E-state index is 12.9. The molecule has 420 valence electrons. The first-order valence-corrected chi connectivity index (χ1v) is 22.5. The maximum Gasteiger partial charge on any atom is 0.349 e. The van der Waals surface area contributed by atoms with Crippen molar-refractivity contribution >= 4 is 106 Å². The Balaban J connectivity index is 1.84. The molecular weight excluding hydrogens is 1080 g/mol. The standard InChI is InChI=1S/C52H44N6O23/c1-7-39(60)71-23-33(59)19-29-13-14-30(20-36(29)79-47(68)26-74-42(63)10-4)53-50-56-51(54-31-15-17-34(77-45(66)24-72-40(61)8-2)37(21-31)80-48(69)27-75-43(64)11-5)58-52(57-50)55-32-16-18-35(78-46(67)25-73-41(62)9-3)38(22-32)81-49(70)28-76-44(65)12-6/h7-18,20-22H,1-6,19,23-28H2,(H3,53,54,55,56,57,58). The molecule has 0 radical (unpaired) electrons. The lowest BCUT2D eigenvalue weighted by atomic mass is 10.1. The highest BCUT2D eigenvalue weighted by molar-refractivity contribution is 5.90. The van der Waals surface area contributed by atoms with Gasteiger partial charge in [0, 0.05) is 83.7 Å². The zero-order chi connectivity index (χ0) is 59.4. The van der Waals surface area contributed by atoms with E-state index in [4.69, 9.17) is 52.1 Å². The van der Waals surface area contributed by atoms with Crippen molar-refractivity contribution < 1.29 is 110 Å². The molecule has 0 unspecified atom stereocenters. The minimum Gasteiger partial charge on any atom is -0.455 e. The molecule has 1 heterocycles. The SMILES string of the molecule is C=CC(=O)OCC(=O)Cc1ccc(Nc2nc(Nc3ccc(OC(=O)COC(=O)C=C)c(OC(=O)COC(=O)C=C)c3)nc(Nc3ccc(OC(=O)COC(=O)C=C)c(OC(=O)COC(=O)C=C)c3)n2)cc1OC(=O)COC(=O)C=C. The molecule has 0 fully saturated rings. The van der Waals surface area contributed by atoms with Gasteiger partial charge in [0.2, 0.25) is 17.8 Å². The van der Waals surface area contributed by atoms with Crippen molar-refractivity contribution in [2.75, 3.05) is 55.6 Å². The number of esters is 11. The number of nitrogens with zero attached hydrogens (tertiary/aromatic N) is 3. The van der Waals surface area contributed by atoms with E-state index in [-0.39, 0.29) is 46.2 Å². The normalized spacial score (nSPS) is 9.98. The molecule has 4 aromatic rings. The van der Waals surface area contributed by atoms with E-state index in [1.807, 2.05) is 0 Å². The van der Waals surface area contributed by atoms with Crippen molar-refractivity contribution in [3.63, 3.8) is 0 Å². The molecule has 29 nitrogen and oxygen atoms in total. The highest BCUT2D eigenvalue weighted by Crippen LogP contribution is 2.35. The first-order chi connectivity index (χ1) is 38.7. The Hall–Kier alpha value is -11.7. The van der Waals surface area contributed by atoms with Crippen molar-refractivity contribution in [2.24, 2.45) is 0 Å². The minimum absolute atomic E-state index is 0.0164. The summed E-state index contributed by atoms with van der Waals surface area (Å²) in [6.45, 7) is 14.2. The molecule has 0 atom stereocenters. The molecule has 0 saturated heterocycles. The third-order valence-electron chi connectivity index (χ3n) is 8.90. The molecule has 0 spiro atoms. The zero-order valence-electron chi connectivity index (χ0n) is 42.1. The van der Waals surface area contributed by atoms with Crippen molar-refractivity contribution in [2.45, 2.75) is 6.42 Å². The molecule has 1 aromatic heterocycles. The van der Waals surface area contributed by atoms with E-state index in [1.165, 1.54) is 30.3 Å². The molecule has 0 amide bonds. The van der Waals surface area contributed by atoms with Crippen molar-refractivity contribution in [1.82, 2.24) is 15.0 Å². The van der Waals surface area contributed by atoms with E-state index in [1.54, 1.807) is 0 Å². The van der Waals surface area contributed by atoms with Gasteiger partial charge in [-0.2, -0.15) is 15.0 Å². The fraction of sp³-hybridized carbons (Fsp3) is 0.135. The van der Waals surface area contributed by atoms with Crippen LogP contribution in [0.3, 0.4) is 0 Å². The van der Waals surface area contributed by atoms with Crippen molar-refractivity contribution in [1.29, 1.82) is 0 Å². The van der Waals surface area contributed by atoms with Crippen LogP contribution >= 0.6 is 0 Å². The Bertz CT molecular complexity index is 2860. The third kappa shape index (κ3) is 21.9. The summed E-state index contributed by atoms with van der Waals surface area (Å²) in [4.78, 5) is 159. The van der Waals surface area contributed by atoms with Crippen LogP contribution in [-0.4, -0.2) is 126 Å². The second-order valence-electron chi connectivity index (χ2n) is 14.8. The van der Waals surface area contributed by atoms with Gasteiger partial charge >= 0.3 is 65.7 Å². The van der Waals surface area contributed by atoms with Crippen LogP contribution in [0.2, 0.25) is 0 Å². The Kier molecular flexibility index (Phi) is 24.0. The van der Waals surface area contributed by atoms with Crippen LogP contribution in [-0.2, 0) is 92.4 Å². The van der Waals surface area contributed by atoms with Gasteiger partial charge in [0.25, 0.3) is 0 Å². The monoisotopic (exact) mass is 1120 g/mol. The van der Waals surface area contributed by atoms with Crippen molar-refractivity contribution in [3.8, 4) is 28.7 Å². The number of anilines is 6. The third-order valence-corrected chi connectivity index (χ3v) is 8.90. The summed E-state index contributed by atoms with van der Waals surface area (Å²) < 4.78 is 55.1. The van der Waals surface area contributed by atoms with Crippen LogP contribution in [0, 0.1) is 0 Å². The van der Waals surface area contributed by atoms with E-state index in [2.05, 4.69) is 70.4 Å². The van der Waals surface area contributed by atoms with Gasteiger partial charge in [-0.05, 0) is 30.3 Å². The van der Waals surface area contributed by atoms with Gasteiger partial charge in [0.15, 0.2) is 68.4 Å². The molecule has 3 aromatic carbocycles. The van der Waals surface area contributed by atoms with Gasteiger partial charge in [-0.15, -0.1) is 0 Å². The van der Waals surface area contributed by atoms with Gasteiger partial charge in [0.1, 0.15) is 5.75 Å². The van der Waals surface area contributed by atoms with Crippen LogP contribution in [0.5, 0.6) is 28.7 Å². The number of ketones is 1. The Morgan fingerprint density at radius 2 is 0.605 bits per heavy atom. The van der Waals surface area contributed by atoms with Crippen molar-refractivity contribution in [3.05, 3.63) is 136 Å². The molecule has 0 aliphatic carbocycles. The van der Waals surface area contributed by atoms with E-state index in [0.29, 0.717) is 0 Å². The summed E-state index contributed by atoms with van der Waals surface area (Å²) in [5.41, 5.74) is 0.0916. The molecule has 0 bridgehead atoms. The van der Waals surface area contributed by atoms with Gasteiger partial charge in [-0.1, -0.05) is 45.5 Å². The fourth-order valence-corrected chi connectivity index (χ4v) is 5.48. The summed E-state index contributed by atoms with van der Waals surface area (Å²) in [7, 11) is 0. The van der Waals surface area contributed by atoms with Crippen LogP contribution < -0.4 is 39.6 Å². The lowest BCUT2D eigenvalue weighted by Gasteiger charge is -2.16. The highest BCUT2D eigenvalue weighted by atomic mass is 16.6. The summed E-state index contributed by atoms with van der Waals surface area (Å²) in [6.07, 6.45) is 4.33. The number of ether oxygens (including phenoxy) is 11. The number of carbonyl (C=O) groups is 12. The average Bonchev–Trinajstić information content (AvgIpc) is 3.45. The van der Waals surface area contributed by atoms with Crippen LogP contribution in [0.1, 0.15) is 5.56 Å². The fourth-order valence-electron chi connectivity index (χ4n) is 5.48. The first-order valence-electron chi connectivity index (χ1n) is 22.5. The van der Waals surface area contributed by atoms with Gasteiger partial charge in [-0.25, -0.2) is 52.7 Å². The number of nitrogens with one attached hydrogen (secondary N) is 3. The second-order valence-corrected chi connectivity index (χ2v) is 14.8. The number of Topliss-reactive ketones (excluding diaryl/α,β-unsaturated/α-hetero) is 1. The molecule has 29 heteroatoms. The zero-order valence-corrected chi connectivity index (χ0v) is 42.1. The van der Waals surface area contributed by atoms with Gasteiger partial charge in [-0.3, -0.25) is 4.79 Å². The summed E-state index contributed by atoms with van der Waals surface area (Å²) >= 11 is 0. The molecule has 0 aliphatic heterocycles. The molecule has 81 heavy (non-hydrogen) atoms. The number of hydrogen-bond donors (Lipinski definition) is 3.